The van der Waals surface area contributed by atoms with Crippen molar-refractivity contribution in [1.29, 1.82) is 0 Å². The van der Waals surface area contributed by atoms with Crippen LogP contribution in [0.5, 0.6) is 0 Å². The molecule has 1 N–H and O–H groups in total. The fraction of sp³-hybridized carbons (Fsp3) is 0.292. The van der Waals surface area contributed by atoms with Crippen LogP contribution in [-0.4, -0.2) is 23.2 Å². The Morgan fingerprint density at radius 3 is 2.43 bits per heavy atom. The zero-order valence-electron chi connectivity index (χ0n) is 16.6. The maximum atomic E-state index is 12.9. The van der Waals surface area contributed by atoms with Gasteiger partial charge in [-0.3, -0.25) is 0 Å². The quantitative estimate of drug-likeness (QED) is 0.548. The summed E-state index contributed by atoms with van der Waals surface area (Å²) in [6, 6.07) is 23.0. The van der Waals surface area contributed by atoms with Gasteiger partial charge in [0.1, 0.15) is 5.37 Å². The summed E-state index contributed by atoms with van der Waals surface area (Å²) in [5, 5.41) is 5.57. The lowest BCUT2D eigenvalue weighted by Crippen LogP contribution is -2.34. The van der Waals surface area contributed by atoms with Gasteiger partial charge in [0.25, 0.3) is 0 Å². The molecule has 28 heavy (non-hydrogen) atoms. The maximum Gasteiger partial charge on any atom is 0.323 e. The lowest BCUT2D eigenvalue weighted by atomic mass is 9.87. The third-order valence-electron chi connectivity index (χ3n) is 5.21. The number of urea groups is 1. The molecular formula is C24H26N2OS. The van der Waals surface area contributed by atoms with Gasteiger partial charge in [0.05, 0.1) is 0 Å². The predicted octanol–water partition coefficient (Wildman–Crippen LogP) is 6.42. The second kappa shape index (κ2) is 7.51. The Kier molecular flexibility index (Phi) is 5.07. The fourth-order valence-electron chi connectivity index (χ4n) is 3.56. The van der Waals surface area contributed by atoms with E-state index in [2.05, 4.69) is 80.7 Å². The van der Waals surface area contributed by atoms with Crippen molar-refractivity contribution in [1.82, 2.24) is 4.90 Å². The first-order valence-electron chi connectivity index (χ1n) is 9.70. The summed E-state index contributed by atoms with van der Waals surface area (Å²) in [6.07, 6.45) is 0. The second-order valence-electron chi connectivity index (χ2n) is 8.28. The van der Waals surface area contributed by atoms with Crippen LogP contribution in [0.25, 0.3) is 10.8 Å². The van der Waals surface area contributed by atoms with Crippen LogP contribution >= 0.6 is 11.8 Å². The van der Waals surface area contributed by atoms with Crippen molar-refractivity contribution in [3.63, 3.8) is 0 Å². The van der Waals surface area contributed by atoms with E-state index in [9.17, 15) is 4.79 Å². The van der Waals surface area contributed by atoms with E-state index in [0.717, 1.165) is 18.0 Å². The molecule has 144 valence electrons. The van der Waals surface area contributed by atoms with Crippen molar-refractivity contribution in [2.75, 3.05) is 17.6 Å². The first kappa shape index (κ1) is 18.9. The van der Waals surface area contributed by atoms with Crippen molar-refractivity contribution >= 4 is 34.3 Å². The Bertz CT molecular complexity index is 991. The molecule has 1 fully saturated rings. The average Bonchev–Trinajstić information content (AvgIpc) is 3.17. The molecule has 3 aromatic carbocycles. The number of rotatable bonds is 2. The molecule has 0 radical (unpaired) electrons. The molecule has 0 aromatic heterocycles. The summed E-state index contributed by atoms with van der Waals surface area (Å²) in [4.78, 5) is 14.9. The summed E-state index contributed by atoms with van der Waals surface area (Å²) in [5.74, 6) is 0.952. The van der Waals surface area contributed by atoms with Crippen LogP contribution in [0.2, 0.25) is 0 Å². The minimum atomic E-state index is -0.0355. The average molecular weight is 391 g/mol. The molecule has 0 saturated carbocycles. The molecule has 4 heteroatoms. The van der Waals surface area contributed by atoms with Crippen molar-refractivity contribution in [2.45, 2.75) is 31.6 Å². The molecular weight excluding hydrogens is 364 g/mol. The molecule has 1 heterocycles. The SMILES string of the molecule is CC(C)(C)c1ccc(NC(=O)N2CCSC2c2ccc3ccccc3c2)cc1. The van der Waals surface area contributed by atoms with Crippen LogP contribution in [0.15, 0.2) is 66.7 Å². The third kappa shape index (κ3) is 3.88. The van der Waals surface area contributed by atoms with Gasteiger partial charge in [-0.1, -0.05) is 69.3 Å². The standard InChI is InChI=1S/C24H26N2OS/c1-24(2,3)20-10-12-21(13-11-20)25-23(27)26-14-15-28-22(26)19-9-8-17-6-4-5-7-18(17)16-19/h4-13,16,22H,14-15H2,1-3H3,(H,25,27). The van der Waals surface area contributed by atoms with Gasteiger partial charge >= 0.3 is 6.03 Å². The molecule has 3 aromatic rings. The zero-order chi connectivity index (χ0) is 19.7. The van der Waals surface area contributed by atoms with E-state index in [4.69, 9.17) is 0 Å². The molecule has 1 aliphatic rings. The van der Waals surface area contributed by atoms with E-state index in [1.165, 1.54) is 21.9 Å². The molecule has 0 bridgehead atoms. The number of thioether (sulfide) groups is 1. The van der Waals surface area contributed by atoms with Crippen LogP contribution in [0.1, 0.15) is 37.3 Å². The molecule has 1 aliphatic heterocycles. The van der Waals surface area contributed by atoms with Crippen molar-refractivity contribution in [3.8, 4) is 0 Å². The molecule has 0 aliphatic carbocycles. The predicted molar refractivity (Wildman–Crippen MR) is 120 cm³/mol. The Hall–Kier alpha value is -2.46. The van der Waals surface area contributed by atoms with Crippen LogP contribution in [0, 0.1) is 0 Å². The molecule has 0 spiro atoms. The maximum absolute atomic E-state index is 12.9. The van der Waals surface area contributed by atoms with Gasteiger partial charge in [-0.15, -0.1) is 11.8 Å². The first-order valence-corrected chi connectivity index (χ1v) is 10.8. The minimum absolute atomic E-state index is 0.0355. The van der Waals surface area contributed by atoms with E-state index >= 15 is 0 Å². The summed E-state index contributed by atoms with van der Waals surface area (Å²) < 4.78 is 0. The number of hydrogen-bond acceptors (Lipinski definition) is 2. The largest absolute Gasteiger partial charge is 0.323 e. The van der Waals surface area contributed by atoms with Gasteiger partial charge in [-0.05, 0) is 45.5 Å². The van der Waals surface area contributed by atoms with Gasteiger partial charge in [0.15, 0.2) is 0 Å². The van der Waals surface area contributed by atoms with Crippen molar-refractivity contribution < 1.29 is 4.79 Å². The van der Waals surface area contributed by atoms with E-state index < -0.39 is 0 Å². The second-order valence-corrected chi connectivity index (χ2v) is 9.47. The number of carbonyl (C=O) groups excluding carboxylic acids is 1. The van der Waals surface area contributed by atoms with E-state index in [-0.39, 0.29) is 16.8 Å². The number of fused-ring (bicyclic) bond motifs is 1. The third-order valence-corrected chi connectivity index (χ3v) is 6.47. The van der Waals surface area contributed by atoms with E-state index in [0.29, 0.717) is 0 Å². The van der Waals surface area contributed by atoms with Crippen LogP contribution in [0.4, 0.5) is 10.5 Å². The lowest BCUT2D eigenvalue weighted by molar-refractivity contribution is 0.214. The van der Waals surface area contributed by atoms with Crippen LogP contribution < -0.4 is 5.32 Å². The van der Waals surface area contributed by atoms with Crippen LogP contribution in [0.3, 0.4) is 0 Å². The number of nitrogens with one attached hydrogen (secondary N) is 1. The highest BCUT2D eigenvalue weighted by Gasteiger charge is 2.30. The van der Waals surface area contributed by atoms with Crippen molar-refractivity contribution in [3.05, 3.63) is 77.9 Å². The highest BCUT2D eigenvalue weighted by Crippen LogP contribution is 2.39. The first-order chi connectivity index (χ1) is 13.4. The zero-order valence-corrected chi connectivity index (χ0v) is 17.4. The number of hydrogen-bond donors (Lipinski definition) is 1. The number of carbonyl (C=O) groups is 1. The summed E-state index contributed by atoms with van der Waals surface area (Å²) >= 11 is 1.82. The van der Waals surface area contributed by atoms with Gasteiger partial charge in [0, 0.05) is 18.0 Å². The topological polar surface area (TPSA) is 32.3 Å². The lowest BCUT2D eigenvalue weighted by Gasteiger charge is -2.25. The Balaban J connectivity index is 1.51. The van der Waals surface area contributed by atoms with Gasteiger partial charge in [0.2, 0.25) is 0 Å². The van der Waals surface area contributed by atoms with Gasteiger partial charge in [-0.25, -0.2) is 4.79 Å². The molecule has 1 atom stereocenters. The monoisotopic (exact) mass is 390 g/mol. The number of nitrogens with zero attached hydrogens (tertiary/aromatic N) is 1. The highest BCUT2D eigenvalue weighted by molar-refractivity contribution is 7.99. The normalized spacial score (nSPS) is 17.1. The fourth-order valence-corrected chi connectivity index (χ4v) is 4.81. The van der Waals surface area contributed by atoms with Gasteiger partial charge < -0.3 is 10.2 Å². The number of anilines is 1. The van der Waals surface area contributed by atoms with Crippen molar-refractivity contribution in [2.24, 2.45) is 0 Å². The minimum Gasteiger partial charge on any atom is -0.308 e. The Labute approximate surface area is 171 Å². The molecule has 1 saturated heterocycles. The Morgan fingerprint density at radius 2 is 1.71 bits per heavy atom. The molecule has 3 nitrogen and oxygen atoms in total. The molecule has 2 amide bonds. The molecule has 4 rings (SSSR count). The highest BCUT2D eigenvalue weighted by atomic mass is 32.2. The summed E-state index contributed by atoms with van der Waals surface area (Å²) in [7, 11) is 0. The van der Waals surface area contributed by atoms with E-state index in [1.807, 2.05) is 28.8 Å². The summed E-state index contributed by atoms with van der Waals surface area (Å²) in [6.45, 7) is 7.33. The Morgan fingerprint density at radius 1 is 1.00 bits per heavy atom. The smallest absolute Gasteiger partial charge is 0.308 e. The van der Waals surface area contributed by atoms with E-state index in [1.54, 1.807) is 0 Å². The van der Waals surface area contributed by atoms with Crippen LogP contribution in [-0.2, 0) is 5.41 Å². The number of amides is 2. The van der Waals surface area contributed by atoms with Gasteiger partial charge in [-0.2, -0.15) is 0 Å². The number of benzene rings is 3. The molecule has 1 unspecified atom stereocenters. The summed E-state index contributed by atoms with van der Waals surface area (Å²) in [5.41, 5.74) is 3.39.